The fourth-order valence-corrected chi connectivity index (χ4v) is 6.69. The molecule has 0 saturated heterocycles. The summed E-state index contributed by atoms with van der Waals surface area (Å²) in [6, 6.07) is 0. The van der Waals surface area contributed by atoms with Gasteiger partial charge in [-0.2, -0.15) is 0 Å². The fraction of sp³-hybridized carbons (Fsp3) is 0.900. The van der Waals surface area contributed by atoms with Crippen molar-refractivity contribution in [2.75, 3.05) is 0 Å². The van der Waals surface area contributed by atoms with E-state index in [0.29, 0.717) is 25.7 Å². The Morgan fingerprint density at radius 1 is 1.08 bits per heavy atom. The standard InChI is InChI=1S/C20H32O6/c1-11(21)18(24)7-8-19(25)14-4-3-12-9-13(22)5-6-17(12,2)15(14)16(23)20(19,26)10-18/h3,11,13-16,21-26H,4-10H2,1-2H3/t11-,13-,14+,15-,16+,17+,18+,19-,20-/m0/s1. The van der Waals surface area contributed by atoms with E-state index in [1.165, 1.54) is 6.92 Å². The summed E-state index contributed by atoms with van der Waals surface area (Å²) in [5.74, 6) is -0.633. The number of hydrogen-bond acceptors (Lipinski definition) is 6. The molecule has 6 nitrogen and oxygen atoms in total. The summed E-state index contributed by atoms with van der Waals surface area (Å²) < 4.78 is 0. The third-order valence-corrected chi connectivity index (χ3v) is 8.46. The maximum absolute atomic E-state index is 11.5. The second kappa shape index (κ2) is 5.52. The molecule has 4 aliphatic carbocycles. The van der Waals surface area contributed by atoms with Crippen molar-refractivity contribution in [3.63, 3.8) is 0 Å². The molecule has 0 aromatic rings. The van der Waals surface area contributed by atoms with Gasteiger partial charge < -0.3 is 30.6 Å². The second-order valence-corrected chi connectivity index (χ2v) is 9.66. The number of aliphatic hydroxyl groups is 6. The van der Waals surface area contributed by atoms with E-state index in [4.69, 9.17) is 0 Å². The molecule has 0 radical (unpaired) electrons. The zero-order valence-electron chi connectivity index (χ0n) is 15.6. The minimum Gasteiger partial charge on any atom is -0.393 e. The Labute approximate surface area is 154 Å². The number of hydrogen-bond donors (Lipinski definition) is 6. The second-order valence-electron chi connectivity index (χ2n) is 9.66. The Bertz CT molecular complexity index is 634. The smallest absolute Gasteiger partial charge is 0.122 e. The average molecular weight is 368 g/mol. The molecule has 6 heteroatoms. The topological polar surface area (TPSA) is 121 Å². The molecule has 0 aromatic carbocycles. The molecule has 0 aromatic heterocycles. The highest BCUT2D eigenvalue weighted by molar-refractivity contribution is 5.33. The van der Waals surface area contributed by atoms with Crippen molar-refractivity contribution in [1.82, 2.24) is 0 Å². The number of aliphatic hydroxyl groups excluding tert-OH is 3. The van der Waals surface area contributed by atoms with Gasteiger partial charge in [0.25, 0.3) is 0 Å². The Hall–Kier alpha value is -0.500. The molecule has 4 aliphatic rings. The van der Waals surface area contributed by atoms with Crippen LogP contribution in [0.4, 0.5) is 0 Å². The van der Waals surface area contributed by atoms with Gasteiger partial charge in [-0.1, -0.05) is 18.6 Å². The van der Waals surface area contributed by atoms with E-state index in [2.05, 4.69) is 13.0 Å². The first kappa shape index (κ1) is 18.8. The van der Waals surface area contributed by atoms with Crippen LogP contribution in [0.25, 0.3) is 0 Å². The molecule has 0 heterocycles. The van der Waals surface area contributed by atoms with E-state index in [9.17, 15) is 30.6 Å². The maximum atomic E-state index is 11.5. The lowest BCUT2D eigenvalue weighted by Gasteiger charge is -2.52. The van der Waals surface area contributed by atoms with E-state index in [1.807, 2.05) is 0 Å². The van der Waals surface area contributed by atoms with Crippen molar-refractivity contribution < 1.29 is 30.6 Å². The predicted molar refractivity (Wildman–Crippen MR) is 94.0 cm³/mol. The molecule has 0 spiro atoms. The van der Waals surface area contributed by atoms with Crippen LogP contribution in [0.5, 0.6) is 0 Å². The Morgan fingerprint density at radius 2 is 1.77 bits per heavy atom. The molecule has 9 atom stereocenters. The lowest BCUT2D eigenvalue weighted by molar-refractivity contribution is -0.251. The van der Waals surface area contributed by atoms with Gasteiger partial charge in [-0.3, -0.25) is 0 Å². The van der Waals surface area contributed by atoms with Crippen molar-refractivity contribution >= 4 is 0 Å². The summed E-state index contributed by atoms with van der Waals surface area (Å²) in [7, 11) is 0. The molecule has 3 fully saturated rings. The zero-order valence-corrected chi connectivity index (χ0v) is 15.6. The van der Waals surface area contributed by atoms with Gasteiger partial charge in [-0.05, 0) is 50.9 Å². The van der Waals surface area contributed by atoms with Crippen molar-refractivity contribution in [3.05, 3.63) is 11.6 Å². The maximum Gasteiger partial charge on any atom is 0.122 e. The minimum atomic E-state index is -1.85. The van der Waals surface area contributed by atoms with Crippen LogP contribution in [0.1, 0.15) is 58.8 Å². The molecular weight excluding hydrogens is 336 g/mol. The van der Waals surface area contributed by atoms with Crippen LogP contribution < -0.4 is 0 Å². The van der Waals surface area contributed by atoms with Crippen LogP contribution in [-0.4, -0.2) is 65.8 Å². The molecule has 6 N–H and O–H groups in total. The number of rotatable bonds is 1. The predicted octanol–water partition coefficient (Wildman–Crippen LogP) is 0.232. The van der Waals surface area contributed by atoms with E-state index in [1.54, 1.807) is 0 Å². The molecule has 0 amide bonds. The molecule has 0 bridgehead atoms. The molecular formula is C20H32O6. The quantitative estimate of drug-likeness (QED) is 0.369. The van der Waals surface area contributed by atoms with Crippen molar-refractivity contribution in [3.8, 4) is 0 Å². The molecule has 148 valence electrons. The van der Waals surface area contributed by atoms with Gasteiger partial charge in [0, 0.05) is 18.3 Å². The Kier molecular flexibility index (Phi) is 4.00. The highest BCUT2D eigenvalue weighted by Gasteiger charge is 2.74. The van der Waals surface area contributed by atoms with Crippen LogP contribution in [-0.2, 0) is 0 Å². The summed E-state index contributed by atoms with van der Waals surface area (Å²) in [6.07, 6.45) is 2.00. The largest absolute Gasteiger partial charge is 0.393 e. The van der Waals surface area contributed by atoms with Gasteiger partial charge in [0.15, 0.2) is 0 Å². The van der Waals surface area contributed by atoms with Crippen LogP contribution in [0.2, 0.25) is 0 Å². The van der Waals surface area contributed by atoms with Crippen LogP contribution in [0.3, 0.4) is 0 Å². The number of allylic oxidation sites excluding steroid dienone is 1. The molecule has 0 aliphatic heterocycles. The summed E-state index contributed by atoms with van der Waals surface area (Å²) in [4.78, 5) is 0. The first-order valence-electron chi connectivity index (χ1n) is 9.89. The van der Waals surface area contributed by atoms with E-state index >= 15 is 0 Å². The highest BCUT2D eigenvalue weighted by atomic mass is 16.4. The highest BCUT2D eigenvalue weighted by Crippen LogP contribution is 2.66. The zero-order chi connectivity index (χ0) is 19.1. The average Bonchev–Trinajstić information content (AvgIpc) is 2.74. The van der Waals surface area contributed by atoms with E-state index in [-0.39, 0.29) is 42.6 Å². The van der Waals surface area contributed by atoms with Gasteiger partial charge in [0.2, 0.25) is 0 Å². The molecule has 26 heavy (non-hydrogen) atoms. The van der Waals surface area contributed by atoms with Crippen molar-refractivity contribution in [1.29, 1.82) is 0 Å². The molecule has 3 saturated carbocycles. The SMILES string of the molecule is C[C@H](O)[C@@]1(O)CC[C@]2(O)[C@@H]3CC=C4C[C@@H](O)CC[C@@]4(C)[C@@H]3[C@@H](O)[C@@]2(O)C1. The Morgan fingerprint density at radius 3 is 2.42 bits per heavy atom. The van der Waals surface area contributed by atoms with Gasteiger partial charge in [-0.15, -0.1) is 0 Å². The van der Waals surface area contributed by atoms with E-state index in [0.717, 1.165) is 5.57 Å². The van der Waals surface area contributed by atoms with Gasteiger partial charge >= 0.3 is 0 Å². The van der Waals surface area contributed by atoms with Crippen LogP contribution >= 0.6 is 0 Å². The lowest BCUT2D eigenvalue weighted by atomic mass is 9.55. The van der Waals surface area contributed by atoms with E-state index < -0.39 is 29.0 Å². The third kappa shape index (κ3) is 2.14. The van der Waals surface area contributed by atoms with Crippen molar-refractivity contribution in [2.45, 2.75) is 93.9 Å². The van der Waals surface area contributed by atoms with Crippen LogP contribution in [0.15, 0.2) is 11.6 Å². The summed E-state index contributed by atoms with van der Waals surface area (Å²) >= 11 is 0. The summed E-state index contributed by atoms with van der Waals surface area (Å²) in [5.41, 5.74) is -4.13. The van der Waals surface area contributed by atoms with Gasteiger partial charge in [0.05, 0.1) is 29.5 Å². The first-order valence-corrected chi connectivity index (χ1v) is 9.89. The first-order chi connectivity index (χ1) is 12.0. The lowest BCUT2D eigenvalue weighted by Crippen LogP contribution is -2.66. The summed E-state index contributed by atoms with van der Waals surface area (Å²) in [6.45, 7) is 3.54. The van der Waals surface area contributed by atoms with Crippen molar-refractivity contribution in [2.24, 2.45) is 17.3 Å². The summed E-state index contributed by atoms with van der Waals surface area (Å²) in [5, 5.41) is 65.1. The molecule has 0 unspecified atom stereocenters. The minimum absolute atomic E-state index is 0.144. The van der Waals surface area contributed by atoms with Crippen LogP contribution in [0, 0.1) is 17.3 Å². The normalized spacial score (nSPS) is 57.6. The fourth-order valence-electron chi connectivity index (χ4n) is 6.69. The molecule has 4 rings (SSSR count). The number of fused-ring (bicyclic) bond motifs is 5. The third-order valence-electron chi connectivity index (χ3n) is 8.46. The van der Waals surface area contributed by atoms with Gasteiger partial charge in [0.1, 0.15) is 5.60 Å². The monoisotopic (exact) mass is 368 g/mol. The Balaban J connectivity index is 1.76. The van der Waals surface area contributed by atoms with Gasteiger partial charge in [-0.25, -0.2) is 0 Å².